The Hall–Kier alpha value is -2.02. The van der Waals surface area contributed by atoms with E-state index in [1.54, 1.807) is 30.1 Å². The van der Waals surface area contributed by atoms with Crippen molar-refractivity contribution in [2.75, 3.05) is 13.6 Å². The highest BCUT2D eigenvalue weighted by Crippen LogP contribution is 2.23. The summed E-state index contributed by atoms with van der Waals surface area (Å²) in [5.41, 5.74) is 1.24. The van der Waals surface area contributed by atoms with Crippen LogP contribution in [0.15, 0.2) is 28.7 Å². The van der Waals surface area contributed by atoms with Gasteiger partial charge in [-0.1, -0.05) is 6.07 Å². The van der Waals surface area contributed by atoms with Gasteiger partial charge in [0.25, 0.3) is 0 Å². The lowest BCUT2D eigenvalue weighted by atomic mass is 10.1. The van der Waals surface area contributed by atoms with Gasteiger partial charge in [0.15, 0.2) is 0 Å². The third kappa shape index (κ3) is 4.22. The molecule has 1 aromatic heterocycles. The van der Waals surface area contributed by atoms with E-state index < -0.39 is 18.6 Å². The third-order valence-corrected chi connectivity index (χ3v) is 3.02. The van der Waals surface area contributed by atoms with Gasteiger partial charge in [0, 0.05) is 18.5 Å². The van der Waals surface area contributed by atoms with E-state index in [1.807, 2.05) is 0 Å². The second kappa shape index (κ2) is 5.77. The molecule has 0 saturated carbocycles. The van der Waals surface area contributed by atoms with Crippen LogP contribution in [-0.4, -0.2) is 35.7 Å². The number of hydrogen-bond donors (Lipinski definition) is 1. The minimum Gasteiger partial charge on any atom is -0.475 e. The third-order valence-electron chi connectivity index (χ3n) is 3.02. The Bertz CT molecular complexity index is 648. The van der Waals surface area contributed by atoms with Crippen molar-refractivity contribution >= 4 is 16.9 Å². The van der Waals surface area contributed by atoms with Crippen LogP contribution in [0.5, 0.6) is 0 Å². The van der Waals surface area contributed by atoms with Crippen LogP contribution >= 0.6 is 0 Å². The summed E-state index contributed by atoms with van der Waals surface area (Å²) in [6, 6.07) is 6.45. The molecule has 1 aromatic carbocycles. The fourth-order valence-electron chi connectivity index (χ4n) is 2.00. The number of benzene rings is 1. The van der Waals surface area contributed by atoms with Gasteiger partial charge in [0.1, 0.15) is 5.58 Å². The smallest absolute Gasteiger partial charge is 0.390 e. The molecule has 0 atom stereocenters. The van der Waals surface area contributed by atoms with Crippen molar-refractivity contribution in [1.82, 2.24) is 4.90 Å². The fraction of sp³-hybridized carbons (Fsp3) is 0.357. The van der Waals surface area contributed by atoms with Crippen molar-refractivity contribution in [2.45, 2.75) is 19.1 Å². The predicted molar refractivity (Wildman–Crippen MR) is 70.2 cm³/mol. The van der Waals surface area contributed by atoms with Crippen LogP contribution in [0.3, 0.4) is 0 Å². The van der Waals surface area contributed by atoms with E-state index in [4.69, 9.17) is 9.52 Å². The summed E-state index contributed by atoms with van der Waals surface area (Å²) < 4.78 is 41.6. The van der Waals surface area contributed by atoms with E-state index >= 15 is 0 Å². The first kappa shape index (κ1) is 15.4. The molecule has 0 spiro atoms. The largest absolute Gasteiger partial charge is 0.475 e. The van der Waals surface area contributed by atoms with Gasteiger partial charge >= 0.3 is 12.1 Å². The molecule has 0 bridgehead atoms. The van der Waals surface area contributed by atoms with Crippen molar-refractivity contribution in [3.63, 3.8) is 0 Å². The number of alkyl halides is 3. The van der Waals surface area contributed by atoms with Crippen LogP contribution in [0, 0.1) is 0 Å². The number of fused-ring (bicyclic) bond motifs is 1. The number of halogens is 3. The summed E-state index contributed by atoms with van der Waals surface area (Å²) in [7, 11) is 1.61. The highest BCUT2D eigenvalue weighted by Gasteiger charge is 2.27. The maximum Gasteiger partial charge on any atom is 0.390 e. The molecule has 1 heterocycles. The average molecular weight is 301 g/mol. The lowest BCUT2D eigenvalue weighted by Crippen LogP contribution is -2.24. The summed E-state index contributed by atoms with van der Waals surface area (Å²) in [5, 5.41) is 9.46. The molecule has 114 valence electrons. The average Bonchev–Trinajstić information content (AvgIpc) is 2.79. The van der Waals surface area contributed by atoms with E-state index in [0.717, 1.165) is 5.56 Å². The molecular formula is C14H14F3NO3. The summed E-state index contributed by atoms with van der Waals surface area (Å²) in [4.78, 5) is 12.4. The quantitative estimate of drug-likeness (QED) is 0.918. The van der Waals surface area contributed by atoms with Crippen molar-refractivity contribution in [3.05, 3.63) is 35.6 Å². The first-order valence-electron chi connectivity index (χ1n) is 6.26. The first-order chi connectivity index (χ1) is 9.74. The Morgan fingerprint density at radius 2 is 2.05 bits per heavy atom. The number of carboxylic acid groups (broad SMARTS) is 1. The molecule has 0 saturated heterocycles. The van der Waals surface area contributed by atoms with Crippen LogP contribution in [-0.2, 0) is 6.54 Å². The molecule has 0 radical (unpaired) electrons. The number of carbonyl (C=O) groups is 1. The molecule has 0 aliphatic carbocycles. The molecule has 2 aromatic rings. The Morgan fingerprint density at radius 1 is 1.33 bits per heavy atom. The first-order valence-corrected chi connectivity index (χ1v) is 6.26. The van der Waals surface area contributed by atoms with Gasteiger partial charge < -0.3 is 14.4 Å². The van der Waals surface area contributed by atoms with E-state index in [9.17, 15) is 18.0 Å². The van der Waals surface area contributed by atoms with Crippen LogP contribution in [0.4, 0.5) is 13.2 Å². The van der Waals surface area contributed by atoms with Gasteiger partial charge in [-0.05, 0) is 30.8 Å². The zero-order valence-electron chi connectivity index (χ0n) is 11.3. The minimum atomic E-state index is -4.17. The van der Waals surface area contributed by atoms with Crippen LogP contribution in [0.2, 0.25) is 0 Å². The van der Waals surface area contributed by atoms with Gasteiger partial charge in [-0.15, -0.1) is 0 Å². The maximum absolute atomic E-state index is 12.1. The van der Waals surface area contributed by atoms with Crippen molar-refractivity contribution in [3.8, 4) is 0 Å². The highest BCUT2D eigenvalue weighted by molar-refractivity contribution is 5.91. The van der Waals surface area contributed by atoms with E-state index in [0.29, 0.717) is 17.5 Å². The summed E-state index contributed by atoms with van der Waals surface area (Å²) in [6.07, 6.45) is -5.03. The normalized spacial score (nSPS) is 12.2. The number of nitrogens with zero attached hydrogens (tertiary/aromatic N) is 1. The van der Waals surface area contributed by atoms with Gasteiger partial charge in [-0.3, -0.25) is 0 Å². The Morgan fingerprint density at radius 3 is 2.67 bits per heavy atom. The van der Waals surface area contributed by atoms with E-state index in [2.05, 4.69) is 0 Å². The fourth-order valence-corrected chi connectivity index (χ4v) is 2.00. The van der Waals surface area contributed by atoms with E-state index in [1.165, 1.54) is 6.07 Å². The molecule has 0 fully saturated rings. The van der Waals surface area contributed by atoms with Crippen LogP contribution in [0.25, 0.3) is 11.0 Å². The Labute approximate surface area is 118 Å². The molecule has 0 aliphatic heterocycles. The Balaban J connectivity index is 2.07. The zero-order chi connectivity index (χ0) is 15.6. The van der Waals surface area contributed by atoms with Crippen molar-refractivity contribution in [2.24, 2.45) is 0 Å². The van der Waals surface area contributed by atoms with Crippen LogP contribution in [0.1, 0.15) is 22.5 Å². The van der Waals surface area contributed by atoms with Crippen LogP contribution < -0.4 is 0 Å². The topological polar surface area (TPSA) is 53.7 Å². The van der Waals surface area contributed by atoms with Gasteiger partial charge in [0.2, 0.25) is 5.76 Å². The molecular weight excluding hydrogens is 287 g/mol. The molecule has 7 heteroatoms. The molecule has 2 rings (SSSR count). The highest BCUT2D eigenvalue weighted by atomic mass is 19.4. The standard InChI is InChI=1S/C14H14F3NO3/c1-18(5-4-14(15,16)17)8-9-2-3-11-10(6-9)7-12(21-11)13(19)20/h2-3,6-7H,4-5,8H2,1H3,(H,19,20). The number of rotatable bonds is 5. The summed E-state index contributed by atoms with van der Waals surface area (Å²) in [5.74, 6) is -1.32. The molecule has 1 N–H and O–H groups in total. The molecule has 21 heavy (non-hydrogen) atoms. The SMILES string of the molecule is CN(CCC(F)(F)F)Cc1ccc2oc(C(=O)O)cc2c1. The number of aromatic carboxylic acids is 1. The van der Waals surface area contributed by atoms with Gasteiger partial charge in [0.05, 0.1) is 6.42 Å². The molecule has 0 unspecified atom stereocenters. The van der Waals surface area contributed by atoms with E-state index in [-0.39, 0.29) is 12.3 Å². The molecule has 4 nitrogen and oxygen atoms in total. The molecule has 0 aliphatic rings. The predicted octanol–water partition coefficient (Wildman–Crippen LogP) is 3.52. The minimum absolute atomic E-state index is 0.0900. The zero-order valence-corrected chi connectivity index (χ0v) is 11.3. The second-order valence-corrected chi connectivity index (χ2v) is 4.89. The van der Waals surface area contributed by atoms with Crippen molar-refractivity contribution in [1.29, 1.82) is 0 Å². The second-order valence-electron chi connectivity index (χ2n) is 4.89. The Kier molecular flexibility index (Phi) is 4.22. The number of hydrogen-bond acceptors (Lipinski definition) is 3. The lowest BCUT2D eigenvalue weighted by Gasteiger charge is -2.17. The van der Waals surface area contributed by atoms with Crippen molar-refractivity contribution < 1.29 is 27.5 Å². The molecule has 0 amide bonds. The summed E-state index contributed by atoms with van der Waals surface area (Å²) in [6.45, 7) is 0.257. The monoisotopic (exact) mass is 301 g/mol. The maximum atomic E-state index is 12.1. The number of furan rings is 1. The summed E-state index contributed by atoms with van der Waals surface area (Å²) >= 11 is 0. The lowest BCUT2D eigenvalue weighted by molar-refractivity contribution is -0.137. The van der Waals surface area contributed by atoms with Gasteiger partial charge in [-0.25, -0.2) is 4.79 Å². The number of carboxylic acids is 1. The van der Waals surface area contributed by atoms with Gasteiger partial charge in [-0.2, -0.15) is 13.2 Å².